The zero-order valence-corrected chi connectivity index (χ0v) is 19.8. The highest BCUT2D eigenvalue weighted by Gasteiger charge is 2.24. The van der Waals surface area contributed by atoms with E-state index >= 15 is 0 Å². The van der Waals surface area contributed by atoms with Gasteiger partial charge in [0.1, 0.15) is 0 Å². The topological polar surface area (TPSA) is 74.2 Å². The molecule has 0 unspecified atom stereocenters. The summed E-state index contributed by atoms with van der Waals surface area (Å²) in [5.41, 5.74) is 2.69. The quantitative estimate of drug-likeness (QED) is 0.229. The monoisotopic (exact) mass is 495 g/mol. The first-order valence-corrected chi connectivity index (χ1v) is 11.1. The Balaban J connectivity index is 1.60. The minimum absolute atomic E-state index is 0.150. The molecule has 34 heavy (non-hydrogen) atoms. The largest absolute Gasteiger partial charge is 0.490 e. The van der Waals surface area contributed by atoms with Crippen LogP contribution in [0.3, 0.4) is 0 Å². The summed E-state index contributed by atoms with van der Waals surface area (Å²) in [6.07, 6.45) is 1.58. The maximum absolute atomic E-state index is 12.6. The number of aliphatic imine (C=N–C) groups is 1. The van der Waals surface area contributed by atoms with Crippen molar-refractivity contribution in [2.45, 2.75) is 13.8 Å². The van der Waals surface area contributed by atoms with Crippen LogP contribution < -0.4 is 9.47 Å². The average molecular weight is 496 g/mol. The predicted molar refractivity (Wildman–Crippen MR) is 131 cm³/mol. The molecule has 0 amide bonds. The summed E-state index contributed by atoms with van der Waals surface area (Å²) in [5, 5.41) is 0.589. The highest BCUT2D eigenvalue weighted by Crippen LogP contribution is 2.32. The number of nitrogens with zero attached hydrogens (tertiary/aromatic N) is 1. The number of carbonyl (C=O) groups excluding carboxylic acids is 2. The summed E-state index contributed by atoms with van der Waals surface area (Å²) < 4.78 is 16.5. The van der Waals surface area contributed by atoms with Crippen molar-refractivity contribution >= 4 is 47.1 Å². The van der Waals surface area contributed by atoms with Crippen molar-refractivity contribution in [2.24, 2.45) is 4.99 Å². The van der Waals surface area contributed by atoms with Crippen molar-refractivity contribution in [3.05, 3.63) is 98.7 Å². The average Bonchev–Trinajstić information content (AvgIpc) is 3.16. The smallest absolute Gasteiger partial charge is 0.363 e. The predicted octanol–water partition coefficient (Wildman–Crippen LogP) is 6.26. The molecule has 0 radical (unpaired) electrons. The van der Waals surface area contributed by atoms with Gasteiger partial charge in [-0.25, -0.2) is 14.6 Å². The van der Waals surface area contributed by atoms with Gasteiger partial charge in [-0.2, -0.15) is 0 Å². The van der Waals surface area contributed by atoms with Gasteiger partial charge in [-0.15, -0.1) is 0 Å². The first-order valence-electron chi connectivity index (χ1n) is 10.4. The van der Waals surface area contributed by atoms with E-state index in [9.17, 15) is 9.59 Å². The lowest BCUT2D eigenvalue weighted by atomic mass is 10.1. The molecule has 0 saturated carbocycles. The molecule has 0 atom stereocenters. The first-order chi connectivity index (χ1) is 16.3. The van der Waals surface area contributed by atoms with E-state index in [1.54, 1.807) is 37.3 Å². The summed E-state index contributed by atoms with van der Waals surface area (Å²) in [7, 11) is 0. The number of ether oxygens (including phenoxy) is 3. The Morgan fingerprint density at radius 1 is 1.06 bits per heavy atom. The molecular weight excluding hydrogens is 477 g/mol. The van der Waals surface area contributed by atoms with Gasteiger partial charge in [-0.05, 0) is 68.0 Å². The SMILES string of the molecule is CCOc1cc(/C=C2/N=C(c3cccc(C)c3)OC2=O)ccc1OC(=O)c1ccc(Cl)cc1Cl. The Bertz CT molecular complexity index is 1350. The van der Waals surface area contributed by atoms with Crippen molar-refractivity contribution in [1.82, 2.24) is 0 Å². The molecule has 6 nitrogen and oxygen atoms in total. The number of carbonyl (C=O) groups is 2. The van der Waals surface area contributed by atoms with Crippen LogP contribution in [0.4, 0.5) is 0 Å². The lowest BCUT2D eigenvalue weighted by Crippen LogP contribution is -2.10. The second-order valence-corrected chi connectivity index (χ2v) is 8.20. The van der Waals surface area contributed by atoms with Crippen molar-refractivity contribution < 1.29 is 23.8 Å². The van der Waals surface area contributed by atoms with E-state index in [1.807, 2.05) is 31.2 Å². The van der Waals surface area contributed by atoms with E-state index in [0.717, 1.165) is 11.1 Å². The molecule has 172 valence electrons. The van der Waals surface area contributed by atoms with Crippen LogP contribution in [-0.4, -0.2) is 24.4 Å². The fourth-order valence-corrected chi connectivity index (χ4v) is 3.73. The maximum Gasteiger partial charge on any atom is 0.363 e. The molecule has 1 aliphatic rings. The minimum atomic E-state index is -0.652. The summed E-state index contributed by atoms with van der Waals surface area (Å²) in [6, 6.07) is 16.9. The van der Waals surface area contributed by atoms with Crippen LogP contribution in [0.2, 0.25) is 10.0 Å². The number of hydrogen-bond donors (Lipinski definition) is 0. The number of rotatable bonds is 6. The molecule has 0 aliphatic carbocycles. The standard InChI is InChI=1S/C26H19Cl2NO5/c1-3-32-23-13-16(7-10-22(23)33-25(30)19-9-8-18(27)14-20(19)28)12-21-26(31)34-24(29-21)17-6-4-5-15(2)11-17/h4-14H,3H2,1-2H3/b21-12+. The first kappa shape index (κ1) is 23.5. The normalized spacial score (nSPS) is 14.1. The summed E-state index contributed by atoms with van der Waals surface area (Å²) in [5.74, 6) is -0.430. The number of benzene rings is 3. The summed E-state index contributed by atoms with van der Waals surface area (Å²) in [4.78, 5) is 29.3. The van der Waals surface area contributed by atoms with E-state index in [1.165, 1.54) is 12.1 Å². The fourth-order valence-electron chi connectivity index (χ4n) is 3.25. The van der Waals surface area contributed by atoms with Gasteiger partial charge in [0.25, 0.3) is 0 Å². The van der Waals surface area contributed by atoms with E-state index in [4.69, 9.17) is 37.4 Å². The van der Waals surface area contributed by atoms with Crippen LogP contribution in [-0.2, 0) is 9.53 Å². The Morgan fingerprint density at radius 2 is 1.88 bits per heavy atom. The molecule has 0 bridgehead atoms. The Morgan fingerprint density at radius 3 is 2.62 bits per heavy atom. The zero-order chi connectivity index (χ0) is 24.2. The van der Waals surface area contributed by atoms with Crippen LogP contribution >= 0.6 is 23.2 Å². The molecule has 0 aromatic heterocycles. The van der Waals surface area contributed by atoms with E-state index in [2.05, 4.69) is 4.99 Å². The van der Waals surface area contributed by atoms with Gasteiger partial charge in [0.2, 0.25) is 5.90 Å². The van der Waals surface area contributed by atoms with Gasteiger partial charge < -0.3 is 14.2 Å². The highest BCUT2D eigenvalue weighted by molar-refractivity contribution is 6.36. The molecule has 1 heterocycles. The third kappa shape index (κ3) is 5.30. The molecule has 3 aromatic carbocycles. The van der Waals surface area contributed by atoms with Gasteiger partial charge in [-0.1, -0.05) is 47.0 Å². The molecule has 1 aliphatic heterocycles. The third-order valence-electron chi connectivity index (χ3n) is 4.81. The number of esters is 2. The van der Waals surface area contributed by atoms with Crippen LogP contribution in [0, 0.1) is 6.92 Å². The molecule has 4 rings (SSSR count). The van der Waals surface area contributed by atoms with Crippen LogP contribution in [0.1, 0.15) is 34.0 Å². The molecule has 3 aromatic rings. The van der Waals surface area contributed by atoms with Crippen molar-refractivity contribution in [3.8, 4) is 11.5 Å². The molecule has 0 saturated heterocycles. The zero-order valence-electron chi connectivity index (χ0n) is 18.3. The third-order valence-corrected chi connectivity index (χ3v) is 5.36. The fraction of sp³-hybridized carbons (Fsp3) is 0.115. The number of aryl methyl sites for hydroxylation is 1. The number of hydrogen-bond acceptors (Lipinski definition) is 6. The number of halogens is 2. The second kappa shape index (κ2) is 10.1. The molecule has 8 heteroatoms. The van der Waals surface area contributed by atoms with Crippen molar-refractivity contribution in [3.63, 3.8) is 0 Å². The van der Waals surface area contributed by atoms with E-state index in [0.29, 0.717) is 22.9 Å². The van der Waals surface area contributed by atoms with Crippen LogP contribution in [0.25, 0.3) is 6.08 Å². The Kier molecular flexibility index (Phi) is 7.01. The van der Waals surface area contributed by atoms with Crippen LogP contribution in [0.5, 0.6) is 11.5 Å². The van der Waals surface area contributed by atoms with Gasteiger partial charge in [-0.3, -0.25) is 0 Å². The Hall–Kier alpha value is -3.61. The second-order valence-electron chi connectivity index (χ2n) is 7.36. The van der Waals surface area contributed by atoms with Gasteiger partial charge in [0, 0.05) is 10.6 Å². The molecular formula is C26H19Cl2NO5. The van der Waals surface area contributed by atoms with Gasteiger partial charge in [0.05, 0.1) is 17.2 Å². The highest BCUT2D eigenvalue weighted by atomic mass is 35.5. The maximum atomic E-state index is 12.6. The van der Waals surface area contributed by atoms with Gasteiger partial charge in [0.15, 0.2) is 17.2 Å². The molecule has 0 fully saturated rings. The van der Waals surface area contributed by atoms with Crippen molar-refractivity contribution in [1.29, 1.82) is 0 Å². The molecule has 0 spiro atoms. The molecule has 0 N–H and O–H groups in total. The number of cyclic esters (lactones) is 1. The Labute approximate surface area is 206 Å². The van der Waals surface area contributed by atoms with Crippen molar-refractivity contribution in [2.75, 3.05) is 6.61 Å². The van der Waals surface area contributed by atoms with Crippen LogP contribution in [0.15, 0.2) is 71.4 Å². The van der Waals surface area contributed by atoms with Gasteiger partial charge >= 0.3 is 11.9 Å². The summed E-state index contributed by atoms with van der Waals surface area (Å²) >= 11 is 12.0. The summed E-state index contributed by atoms with van der Waals surface area (Å²) in [6.45, 7) is 4.09. The van der Waals surface area contributed by atoms with E-state index < -0.39 is 11.9 Å². The van der Waals surface area contributed by atoms with E-state index in [-0.39, 0.29) is 27.9 Å². The lowest BCUT2D eigenvalue weighted by Gasteiger charge is -2.12. The minimum Gasteiger partial charge on any atom is -0.490 e. The lowest BCUT2D eigenvalue weighted by molar-refractivity contribution is -0.129.